The molecule has 9 rings (SSSR count). The third-order valence-electron chi connectivity index (χ3n) is 8.54. The van der Waals surface area contributed by atoms with E-state index in [1.165, 1.54) is 48.7 Å². The zero-order valence-electron chi connectivity index (χ0n) is 22.3. The molecule has 0 fully saturated rings. The second-order valence-electron chi connectivity index (χ2n) is 10.8. The molecular formula is C39H24N2. The maximum Gasteiger partial charge on any atom is 0.102 e. The van der Waals surface area contributed by atoms with Gasteiger partial charge in [0.05, 0.1) is 11.2 Å². The monoisotopic (exact) mass is 520 g/mol. The maximum absolute atomic E-state index is 5.48. The second kappa shape index (κ2) is 8.51. The number of fused-ring (bicyclic) bond motifs is 3. The first kappa shape index (κ1) is 22.4. The third kappa shape index (κ3) is 3.22. The van der Waals surface area contributed by atoms with Gasteiger partial charge in [-0.05, 0) is 49.3 Å². The Hall–Kier alpha value is -5.47. The van der Waals surface area contributed by atoms with Crippen molar-refractivity contribution in [3.63, 3.8) is 0 Å². The van der Waals surface area contributed by atoms with Crippen LogP contribution in [-0.2, 0) is 0 Å². The van der Waals surface area contributed by atoms with E-state index < -0.39 is 0 Å². The highest BCUT2D eigenvalue weighted by molar-refractivity contribution is 6.26. The van der Waals surface area contributed by atoms with E-state index in [4.69, 9.17) is 5.10 Å². The number of benzene rings is 7. The molecule has 7 aromatic carbocycles. The lowest BCUT2D eigenvalue weighted by Crippen LogP contribution is -1.95. The Labute approximate surface area is 237 Å². The zero-order chi connectivity index (χ0) is 26.9. The minimum absolute atomic E-state index is 1.00. The quantitative estimate of drug-likeness (QED) is 0.212. The van der Waals surface area contributed by atoms with Gasteiger partial charge in [-0.25, -0.2) is 4.52 Å². The molecule has 0 aliphatic carbocycles. The Kier molecular flexibility index (Phi) is 4.64. The number of hydrogen-bond donors (Lipinski definition) is 0. The molecule has 0 saturated heterocycles. The van der Waals surface area contributed by atoms with Gasteiger partial charge in [-0.15, -0.1) is 0 Å². The van der Waals surface area contributed by atoms with E-state index in [0.29, 0.717) is 0 Å². The molecule has 0 bridgehead atoms. The topological polar surface area (TPSA) is 17.3 Å². The molecule has 0 aliphatic heterocycles. The summed E-state index contributed by atoms with van der Waals surface area (Å²) in [5.74, 6) is 0. The summed E-state index contributed by atoms with van der Waals surface area (Å²) in [6.45, 7) is 0. The lowest BCUT2D eigenvalue weighted by Gasteiger charge is -2.14. The predicted octanol–water partition coefficient (Wildman–Crippen LogP) is 10.4. The highest BCUT2D eigenvalue weighted by Crippen LogP contribution is 2.45. The van der Waals surface area contributed by atoms with Gasteiger partial charge >= 0.3 is 0 Å². The average Bonchev–Trinajstić information content (AvgIpc) is 3.45. The molecule has 0 amide bonds. The van der Waals surface area contributed by atoms with Crippen molar-refractivity contribution in [2.75, 3.05) is 0 Å². The maximum atomic E-state index is 5.48. The molecule has 0 radical (unpaired) electrons. The van der Waals surface area contributed by atoms with Crippen LogP contribution in [0.1, 0.15) is 0 Å². The van der Waals surface area contributed by atoms with Gasteiger partial charge in [-0.1, -0.05) is 140 Å². The lowest BCUT2D eigenvalue weighted by atomic mass is 9.89. The SMILES string of the molecule is c1ccc(-c2c(-c3ccc4ccc5cccc6ccc3c4c56)nn3c(-c4ccccc4)cc4ccccc4c23)cc1. The van der Waals surface area contributed by atoms with Crippen molar-refractivity contribution in [1.82, 2.24) is 9.61 Å². The largest absolute Gasteiger partial charge is 0.231 e. The standard InChI is InChI=1S/C39H24N2/c1-3-10-25(11-4-1)34-24-30-14-7-8-17-31(30)39-37(26-12-5-2-6-13-26)38(40-41(34)39)33-23-21-29-19-18-27-15-9-16-28-20-22-32(33)36(29)35(27)28/h1-24H. The van der Waals surface area contributed by atoms with Crippen LogP contribution in [0.3, 0.4) is 0 Å². The summed E-state index contributed by atoms with van der Waals surface area (Å²) < 4.78 is 2.17. The normalized spacial score (nSPS) is 11.9. The van der Waals surface area contributed by atoms with E-state index in [2.05, 4.69) is 150 Å². The summed E-state index contributed by atoms with van der Waals surface area (Å²) in [6.07, 6.45) is 0. The van der Waals surface area contributed by atoms with Crippen LogP contribution in [0.25, 0.3) is 82.2 Å². The Morgan fingerprint density at radius 3 is 1.83 bits per heavy atom. The molecule has 41 heavy (non-hydrogen) atoms. The third-order valence-corrected chi connectivity index (χ3v) is 8.54. The van der Waals surface area contributed by atoms with Gasteiger partial charge in [-0.3, -0.25) is 0 Å². The Bertz CT molecular complexity index is 2380. The van der Waals surface area contributed by atoms with E-state index in [0.717, 1.165) is 33.6 Å². The molecule has 0 N–H and O–H groups in total. The van der Waals surface area contributed by atoms with Crippen LogP contribution in [0.2, 0.25) is 0 Å². The molecule has 0 saturated carbocycles. The summed E-state index contributed by atoms with van der Waals surface area (Å²) in [7, 11) is 0. The van der Waals surface area contributed by atoms with Crippen molar-refractivity contribution in [3.8, 4) is 33.6 Å². The summed E-state index contributed by atoms with van der Waals surface area (Å²) in [6, 6.07) is 52.4. The van der Waals surface area contributed by atoms with Gasteiger partial charge in [0.25, 0.3) is 0 Å². The molecule has 0 atom stereocenters. The van der Waals surface area contributed by atoms with Gasteiger partial charge in [0.1, 0.15) is 5.69 Å². The molecular weight excluding hydrogens is 496 g/mol. The Morgan fingerprint density at radius 1 is 0.439 bits per heavy atom. The first-order chi connectivity index (χ1) is 20.3. The molecule has 0 unspecified atom stereocenters. The summed E-state index contributed by atoms with van der Waals surface area (Å²) in [5, 5.41) is 15.6. The summed E-state index contributed by atoms with van der Waals surface area (Å²) >= 11 is 0. The second-order valence-corrected chi connectivity index (χ2v) is 10.8. The smallest absolute Gasteiger partial charge is 0.102 e. The molecule has 190 valence electrons. The molecule has 2 heterocycles. The highest BCUT2D eigenvalue weighted by Gasteiger charge is 2.23. The zero-order valence-corrected chi connectivity index (χ0v) is 22.3. The van der Waals surface area contributed by atoms with Crippen LogP contribution >= 0.6 is 0 Å². The van der Waals surface area contributed by atoms with Crippen LogP contribution in [-0.4, -0.2) is 9.61 Å². The van der Waals surface area contributed by atoms with Crippen molar-refractivity contribution < 1.29 is 0 Å². The highest BCUT2D eigenvalue weighted by atomic mass is 15.2. The number of pyridine rings is 1. The summed E-state index contributed by atoms with van der Waals surface area (Å²) in [4.78, 5) is 0. The lowest BCUT2D eigenvalue weighted by molar-refractivity contribution is 0.980. The minimum atomic E-state index is 1.00. The van der Waals surface area contributed by atoms with Crippen LogP contribution in [0, 0.1) is 0 Å². The minimum Gasteiger partial charge on any atom is -0.231 e. The predicted molar refractivity (Wildman–Crippen MR) is 173 cm³/mol. The van der Waals surface area contributed by atoms with Crippen LogP contribution < -0.4 is 0 Å². The van der Waals surface area contributed by atoms with E-state index >= 15 is 0 Å². The first-order valence-corrected chi connectivity index (χ1v) is 14.1. The molecule has 0 spiro atoms. The van der Waals surface area contributed by atoms with Gasteiger partial charge in [-0.2, -0.15) is 5.10 Å². The molecule has 2 heteroatoms. The number of rotatable bonds is 3. The molecule has 9 aromatic rings. The Balaban J connectivity index is 1.48. The number of nitrogens with zero attached hydrogens (tertiary/aromatic N) is 2. The van der Waals surface area contributed by atoms with E-state index in [-0.39, 0.29) is 0 Å². The molecule has 2 nitrogen and oxygen atoms in total. The van der Waals surface area contributed by atoms with Gasteiger partial charge in [0.15, 0.2) is 0 Å². The fourth-order valence-electron chi connectivity index (χ4n) is 6.71. The van der Waals surface area contributed by atoms with E-state index in [9.17, 15) is 0 Å². The van der Waals surface area contributed by atoms with Crippen LogP contribution in [0.4, 0.5) is 0 Å². The van der Waals surface area contributed by atoms with E-state index in [1.54, 1.807) is 0 Å². The van der Waals surface area contributed by atoms with Crippen LogP contribution in [0.15, 0.2) is 146 Å². The van der Waals surface area contributed by atoms with Crippen molar-refractivity contribution in [2.24, 2.45) is 0 Å². The molecule has 0 aliphatic rings. The van der Waals surface area contributed by atoms with Crippen molar-refractivity contribution in [2.45, 2.75) is 0 Å². The fraction of sp³-hybridized carbons (Fsp3) is 0. The van der Waals surface area contributed by atoms with Gasteiger partial charge < -0.3 is 0 Å². The van der Waals surface area contributed by atoms with Crippen molar-refractivity contribution in [3.05, 3.63) is 146 Å². The number of aromatic nitrogens is 2. The van der Waals surface area contributed by atoms with Crippen molar-refractivity contribution >= 4 is 48.6 Å². The van der Waals surface area contributed by atoms with Crippen molar-refractivity contribution in [1.29, 1.82) is 0 Å². The molecule has 2 aromatic heterocycles. The summed E-state index contributed by atoms with van der Waals surface area (Å²) in [5.41, 5.74) is 7.85. The fourth-order valence-corrected chi connectivity index (χ4v) is 6.71. The van der Waals surface area contributed by atoms with Crippen LogP contribution in [0.5, 0.6) is 0 Å². The Morgan fingerprint density at radius 2 is 1.05 bits per heavy atom. The van der Waals surface area contributed by atoms with Gasteiger partial charge in [0.2, 0.25) is 0 Å². The first-order valence-electron chi connectivity index (χ1n) is 14.1. The van der Waals surface area contributed by atoms with Gasteiger partial charge in [0, 0.05) is 22.1 Å². The number of hydrogen-bond acceptors (Lipinski definition) is 1. The average molecular weight is 521 g/mol. The van der Waals surface area contributed by atoms with E-state index in [1.807, 2.05) is 0 Å².